The van der Waals surface area contributed by atoms with Gasteiger partial charge in [-0.15, -0.1) is 10.2 Å². The molecule has 2 aromatic rings. The number of para-hydroxylation sites is 1. The molecule has 0 amide bonds. The summed E-state index contributed by atoms with van der Waals surface area (Å²) in [6.45, 7) is -0.335. The van der Waals surface area contributed by atoms with E-state index in [-0.39, 0.29) is 18.1 Å². The minimum absolute atomic E-state index is 0.0356. The number of hydrogen-bond donors (Lipinski definition) is 1. The van der Waals surface area contributed by atoms with Gasteiger partial charge in [-0.1, -0.05) is 35.2 Å². The number of aromatic nitrogens is 2. The Kier molecular flexibility index (Phi) is 5.73. The number of ketones is 1. The maximum absolute atomic E-state index is 12.0. The van der Waals surface area contributed by atoms with Crippen molar-refractivity contribution in [2.24, 2.45) is 0 Å². The van der Waals surface area contributed by atoms with Crippen LogP contribution in [0.15, 0.2) is 28.6 Å². The fourth-order valence-electron chi connectivity index (χ4n) is 1.54. The zero-order valence-corrected chi connectivity index (χ0v) is 13.3. The Morgan fingerprint density at radius 2 is 2.09 bits per heavy atom. The third-order valence-corrected chi connectivity index (χ3v) is 4.37. The van der Waals surface area contributed by atoms with Crippen LogP contribution in [-0.4, -0.2) is 41.4 Å². The van der Waals surface area contributed by atoms with Crippen molar-refractivity contribution in [1.29, 1.82) is 0 Å². The molecule has 0 fully saturated rings. The lowest BCUT2D eigenvalue weighted by Crippen LogP contribution is -2.16. The number of carbonyl (C=O) groups excluding carboxylic acids is 2. The van der Waals surface area contributed by atoms with Gasteiger partial charge in [0.05, 0.1) is 18.4 Å². The summed E-state index contributed by atoms with van der Waals surface area (Å²) >= 11 is 2.34. The number of esters is 1. The highest BCUT2D eigenvalue weighted by atomic mass is 32.2. The number of Topliss-reactive ketones (excluding diaryl/α,β-unsaturated/α-hetero) is 1. The molecule has 0 bridgehead atoms. The fraction of sp³-hybridized carbons (Fsp3) is 0.231. The van der Waals surface area contributed by atoms with E-state index < -0.39 is 5.97 Å². The predicted octanol–water partition coefficient (Wildman–Crippen LogP) is 1.65. The van der Waals surface area contributed by atoms with Crippen LogP contribution in [0, 0.1) is 0 Å². The Hall–Kier alpha value is -2.13. The molecule has 1 heterocycles. The summed E-state index contributed by atoms with van der Waals surface area (Å²) < 4.78 is 10.6. The van der Waals surface area contributed by atoms with Gasteiger partial charge in [-0.05, 0) is 12.1 Å². The van der Waals surface area contributed by atoms with Gasteiger partial charge in [-0.25, -0.2) is 0 Å². The van der Waals surface area contributed by atoms with E-state index in [0.717, 1.165) is 11.8 Å². The van der Waals surface area contributed by atoms with Crippen LogP contribution in [0.4, 0.5) is 5.13 Å². The molecule has 9 heteroatoms. The van der Waals surface area contributed by atoms with Gasteiger partial charge in [0.2, 0.25) is 10.9 Å². The number of nitrogen functional groups attached to an aromatic ring is 1. The van der Waals surface area contributed by atoms with E-state index in [9.17, 15) is 9.59 Å². The van der Waals surface area contributed by atoms with Crippen LogP contribution in [0.5, 0.6) is 5.75 Å². The highest BCUT2D eigenvalue weighted by Gasteiger charge is 2.14. The number of rotatable bonds is 7. The molecule has 2 rings (SSSR count). The maximum atomic E-state index is 12.0. The zero-order valence-electron chi connectivity index (χ0n) is 11.6. The second kappa shape index (κ2) is 7.76. The van der Waals surface area contributed by atoms with Crippen molar-refractivity contribution >= 4 is 40.0 Å². The van der Waals surface area contributed by atoms with E-state index in [4.69, 9.17) is 15.2 Å². The molecule has 0 aliphatic carbocycles. The third kappa shape index (κ3) is 4.43. The first-order valence-corrected chi connectivity index (χ1v) is 7.94. The lowest BCUT2D eigenvalue weighted by molar-refractivity contribution is -0.139. The smallest absolute Gasteiger partial charge is 0.316 e. The number of nitrogens with zero attached hydrogens (tertiary/aromatic N) is 2. The largest absolute Gasteiger partial charge is 0.496 e. The van der Waals surface area contributed by atoms with Crippen LogP contribution < -0.4 is 10.5 Å². The van der Waals surface area contributed by atoms with Crippen molar-refractivity contribution in [2.75, 3.05) is 25.2 Å². The molecular formula is C13H13N3O4S2. The highest BCUT2D eigenvalue weighted by Crippen LogP contribution is 2.23. The Bertz CT molecular complexity index is 675. The first kappa shape index (κ1) is 16.2. The van der Waals surface area contributed by atoms with E-state index in [1.165, 1.54) is 18.4 Å². The molecule has 7 nitrogen and oxygen atoms in total. The predicted molar refractivity (Wildman–Crippen MR) is 83.3 cm³/mol. The SMILES string of the molecule is COc1ccccc1C(=O)COC(=O)CSc1nnc(N)s1. The number of hydrogen-bond acceptors (Lipinski definition) is 9. The van der Waals surface area contributed by atoms with Crippen LogP contribution in [0.25, 0.3) is 0 Å². The summed E-state index contributed by atoms with van der Waals surface area (Å²) in [5.74, 6) is -0.353. The van der Waals surface area contributed by atoms with Gasteiger partial charge in [0.25, 0.3) is 0 Å². The second-order valence-corrected chi connectivity index (χ2v) is 6.21. The molecule has 1 aromatic heterocycles. The summed E-state index contributed by atoms with van der Waals surface area (Å²) in [5.41, 5.74) is 5.81. The van der Waals surface area contributed by atoms with Crippen molar-refractivity contribution in [2.45, 2.75) is 4.34 Å². The average Bonchev–Trinajstić information content (AvgIpc) is 2.96. The Labute approximate surface area is 134 Å². The molecule has 0 spiro atoms. The zero-order chi connectivity index (χ0) is 15.9. The van der Waals surface area contributed by atoms with E-state index in [1.54, 1.807) is 24.3 Å². The molecule has 0 radical (unpaired) electrons. The van der Waals surface area contributed by atoms with Gasteiger partial charge < -0.3 is 15.2 Å². The molecule has 2 N–H and O–H groups in total. The van der Waals surface area contributed by atoms with Gasteiger partial charge >= 0.3 is 5.97 Å². The third-order valence-electron chi connectivity index (χ3n) is 2.51. The topological polar surface area (TPSA) is 104 Å². The lowest BCUT2D eigenvalue weighted by Gasteiger charge is -2.07. The molecule has 1 aromatic carbocycles. The number of benzene rings is 1. The summed E-state index contributed by atoms with van der Waals surface area (Å²) in [6.07, 6.45) is 0. The first-order chi connectivity index (χ1) is 10.6. The fourth-order valence-corrected chi connectivity index (χ4v) is 2.97. The molecule has 0 aliphatic rings. The number of ether oxygens (including phenoxy) is 2. The number of carbonyl (C=O) groups is 2. The van der Waals surface area contributed by atoms with Crippen molar-refractivity contribution in [3.05, 3.63) is 29.8 Å². The summed E-state index contributed by atoms with van der Waals surface area (Å²) in [4.78, 5) is 23.6. The lowest BCUT2D eigenvalue weighted by atomic mass is 10.1. The van der Waals surface area contributed by atoms with Crippen LogP contribution in [0.2, 0.25) is 0 Å². The molecule has 22 heavy (non-hydrogen) atoms. The van der Waals surface area contributed by atoms with E-state index >= 15 is 0 Å². The number of anilines is 1. The molecule has 0 aliphatic heterocycles. The van der Waals surface area contributed by atoms with Crippen molar-refractivity contribution in [3.63, 3.8) is 0 Å². The van der Waals surface area contributed by atoms with Gasteiger partial charge in [0, 0.05) is 0 Å². The van der Waals surface area contributed by atoms with E-state index in [0.29, 0.717) is 20.8 Å². The highest BCUT2D eigenvalue weighted by molar-refractivity contribution is 8.01. The quantitative estimate of drug-likeness (QED) is 0.461. The minimum Gasteiger partial charge on any atom is -0.496 e. The summed E-state index contributed by atoms with van der Waals surface area (Å²) in [5, 5.41) is 7.74. The van der Waals surface area contributed by atoms with Crippen LogP contribution >= 0.6 is 23.1 Å². The standard InChI is InChI=1S/C13H13N3O4S2/c1-19-10-5-3-2-4-8(10)9(17)6-20-11(18)7-21-13-16-15-12(14)22-13/h2-5H,6-7H2,1H3,(H2,14,15). The Balaban J connectivity index is 1.81. The number of methoxy groups -OCH3 is 1. The Morgan fingerprint density at radius 3 is 2.77 bits per heavy atom. The first-order valence-electron chi connectivity index (χ1n) is 6.13. The van der Waals surface area contributed by atoms with Crippen LogP contribution in [0.1, 0.15) is 10.4 Å². The van der Waals surface area contributed by atoms with Gasteiger partial charge in [-0.3, -0.25) is 9.59 Å². The van der Waals surface area contributed by atoms with Gasteiger partial charge in [0.1, 0.15) is 5.75 Å². The summed E-state index contributed by atoms with van der Waals surface area (Å²) in [7, 11) is 1.47. The van der Waals surface area contributed by atoms with Crippen LogP contribution in [0.3, 0.4) is 0 Å². The van der Waals surface area contributed by atoms with E-state index in [1.807, 2.05) is 0 Å². The molecule has 116 valence electrons. The monoisotopic (exact) mass is 339 g/mol. The molecular weight excluding hydrogens is 326 g/mol. The average molecular weight is 339 g/mol. The molecule has 0 atom stereocenters. The maximum Gasteiger partial charge on any atom is 0.316 e. The second-order valence-electron chi connectivity index (χ2n) is 3.98. The number of thioether (sulfide) groups is 1. The van der Waals surface area contributed by atoms with Gasteiger partial charge in [0.15, 0.2) is 10.9 Å². The normalized spacial score (nSPS) is 10.2. The molecule has 0 saturated carbocycles. The number of nitrogens with two attached hydrogens (primary N) is 1. The van der Waals surface area contributed by atoms with Crippen molar-refractivity contribution in [1.82, 2.24) is 10.2 Å². The van der Waals surface area contributed by atoms with Gasteiger partial charge in [-0.2, -0.15) is 0 Å². The van der Waals surface area contributed by atoms with Crippen molar-refractivity contribution < 1.29 is 19.1 Å². The van der Waals surface area contributed by atoms with Crippen LogP contribution in [-0.2, 0) is 9.53 Å². The molecule has 0 unspecified atom stereocenters. The van der Waals surface area contributed by atoms with E-state index in [2.05, 4.69) is 10.2 Å². The minimum atomic E-state index is -0.512. The summed E-state index contributed by atoms with van der Waals surface area (Å²) in [6, 6.07) is 6.76. The molecule has 0 saturated heterocycles. The van der Waals surface area contributed by atoms with Crippen molar-refractivity contribution in [3.8, 4) is 5.75 Å². The Morgan fingerprint density at radius 1 is 1.32 bits per heavy atom.